The number of carbonyl (C=O) groups excluding carboxylic acids is 1. The molecule has 39 heavy (non-hydrogen) atoms. The van der Waals surface area contributed by atoms with Gasteiger partial charge >= 0.3 is 12.5 Å². The van der Waals surface area contributed by atoms with Crippen LogP contribution in [0.5, 0.6) is 5.75 Å². The Labute approximate surface area is 223 Å². The molecule has 0 bridgehead atoms. The van der Waals surface area contributed by atoms with E-state index in [-0.39, 0.29) is 22.7 Å². The molecule has 1 aliphatic rings. The van der Waals surface area contributed by atoms with Crippen LogP contribution < -0.4 is 15.4 Å². The van der Waals surface area contributed by atoms with Crippen LogP contribution in [0, 0.1) is 5.82 Å². The van der Waals surface area contributed by atoms with E-state index in [4.69, 9.17) is 11.6 Å². The van der Waals surface area contributed by atoms with Gasteiger partial charge in [0.2, 0.25) is 5.91 Å². The lowest BCUT2D eigenvalue weighted by Crippen LogP contribution is -2.54. The quantitative estimate of drug-likeness (QED) is 0.321. The van der Waals surface area contributed by atoms with Gasteiger partial charge in [-0.05, 0) is 35.4 Å². The number of ether oxygens (including phenoxy) is 1. The van der Waals surface area contributed by atoms with Gasteiger partial charge in [-0.15, -0.1) is 0 Å². The highest BCUT2D eigenvalue weighted by Gasteiger charge is 2.47. The van der Waals surface area contributed by atoms with Gasteiger partial charge < -0.3 is 10.1 Å². The minimum atomic E-state index is -4.95. The number of halogens is 8. The van der Waals surface area contributed by atoms with Crippen LogP contribution in [0.25, 0.3) is 0 Å². The largest absolute Gasteiger partial charge is 0.461 e. The van der Waals surface area contributed by atoms with Gasteiger partial charge in [0.15, 0.2) is 0 Å². The van der Waals surface area contributed by atoms with E-state index in [2.05, 4.69) is 20.4 Å². The maximum absolute atomic E-state index is 14.8. The van der Waals surface area contributed by atoms with Gasteiger partial charge in [0.1, 0.15) is 17.1 Å². The number of alkyl halides is 6. The van der Waals surface area contributed by atoms with Crippen molar-refractivity contribution in [1.29, 1.82) is 0 Å². The second-order valence-corrected chi connectivity index (χ2v) is 9.49. The molecule has 0 unspecified atom stereocenters. The molecule has 0 radical (unpaired) electrons. The molecule has 2 atom stereocenters. The highest BCUT2D eigenvalue weighted by Crippen LogP contribution is 2.38. The molecule has 2 aromatic carbocycles. The van der Waals surface area contributed by atoms with Crippen LogP contribution in [-0.4, -0.2) is 41.9 Å². The molecule has 208 valence electrons. The summed E-state index contributed by atoms with van der Waals surface area (Å²) in [5.74, 6) is -6.19. The van der Waals surface area contributed by atoms with E-state index < -0.39 is 60.5 Å². The first kappa shape index (κ1) is 28.6. The van der Waals surface area contributed by atoms with E-state index in [0.29, 0.717) is 11.6 Å². The number of aromatic nitrogens is 1. The highest BCUT2D eigenvalue weighted by molar-refractivity contribution is 6.30. The highest BCUT2D eigenvalue weighted by atomic mass is 35.5. The molecule has 2 heterocycles. The first-order chi connectivity index (χ1) is 18.3. The molecule has 1 saturated heterocycles. The molecule has 3 aromatic rings. The molecule has 0 saturated carbocycles. The predicted octanol–water partition coefficient (Wildman–Crippen LogP) is 5.71. The average molecular weight is 576 g/mol. The molecule has 13 heteroatoms. The average Bonchev–Trinajstić information content (AvgIpc) is 3.23. The number of rotatable bonds is 9. The van der Waals surface area contributed by atoms with Crippen molar-refractivity contribution in [2.45, 2.75) is 42.9 Å². The van der Waals surface area contributed by atoms with E-state index in [1.165, 1.54) is 18.3 Å². The minimum Gasteiger partial charge on any atom is -0.428 e. The summed E-state index contributed by atoms with van der Waals surface area (Å²) in [6.45, 7) is -0.753. The van der Waals surface area contributed by atoms with Crippen molar-refractivity contribution >= 4 is 17.5 Å². The lowest BCUT2D eigenvalue weighted by atomic mass is 9.80. The summed E-state index contributed by atoms with van der Waals surface area (Å²) < 4.78 is 99.8. The third-order valence-electron chi connectivity index (χ3n) is 6.11. The SMILES string of the molecule is O=C(N[C@@](Cc1ccccc1)(c1cc(F)cc(OC(F)(F)C(F)F)c1)c1ccc(Cl)cn1)[C@H]1CC(F)(F)CN1. The first-order valence-electron chi connectivity index (χ1n) is 11.5. The van der Waals surface area contributed by atoms with Crippen molar-refractivity contribution < 1.29 is 40.3 Å². The number of pyridine rings is 1. The third kappa shape index (κ3) is 6.62. The summed E-state index contributed by atoms with van der Waals surface area (Å²) >= 11 is 5.98. The fourth-order valence-corrected chi connectivity index (χ4v) is 4.43. The number of nitrogens with one attached hydrogen (secondary N) is 2. The molecule has 1 fully saturated rings. The van der Waals surface area contributed by atoms with Gasteiger partial charge in [0.05, 0.1) is 23.3 Å². The third-order valence-corrected chi connectivity index (χ3v) is 6.34. The Morgan fingerprint density at radius 3 is 2.46 bits per heavy atom. The monoisotopic (exact) mass is 575 g/mol. The van der Waals surface area contributed by atoms with Crippen LogP contribution in [0.15, 0.2) is 66.9 Å². The Kier molecular flexibility index (Phi) is 8.08. The van der Waals surface area contributed by atoms with E-state index in [1.807, 2.05) is 0 Å². The molecule has 5 nitrogen and oxygen atoms in total. The Hall–Kier alpha value is -3.38. The van der Waals surface area contributed by atoms with Gasteiger partial charge in [-0.25, -0.2) is 13.2 Å². The lowest BCUT2D eigenvalue weighted by molar-refractivity contribution is -0.253. The fourth-order valence-electron chi connectivity index (χ4n) is 4.32. The van der Waals surface area contributed by atoms with Crippen LogP contribution in [0.3, 0.4) is 0 Å². The van der Waals surface area contributed by atoms with Crippen molar-refractivity contribution in [2.24, 2.45) is 0 Å². The van der Waals surface area contributed by atoms with Crippen LogP contribution in [0.1, 0.15) is 23.2 Å². The number of benzene rings is 2. The number of hydrogen-bond donors (Lipinski definition) is 2. The maximum Gasteiger partial charge on any atom is 0.461 e. The molecule has 0 aliphatic carbocycles. The Morgan fingerprint density at radius 2 is 1.87 bits per heavy atom. The second kappa shape index (κ2) is 11.0. The number of amides is 1. The summed E-state index contributed by atoms with van der Waals surface area (Å²) in [6.07, 6.45) is -8.95. The van der Waals surface area contributed by atoms with E-state index in [1.54, 1.807) is 30.3 Å². The van der Waals surface area contributed by atoms with Crippen LogP contribution in [-0.2, 0) is 16.8 Å². The number of carbonyl (C=O) groups is 1. The smallest absolute Gasteiger partial charge is 0.428 e. The number of hydrogen-bond acceptors (Lipinski definition) is 4. The molecule has 0 spiro atoms. The fraction of sp³-hybridized carbons (Fsp3) is 0.308. The van der Waals surface area contributed by atoms with E-state index >= 15 is 0 Å². The van der Waals surface area contributed by atoms with Gasteiger partial charge in [0, 0.05) is 25.1 Å². The van der Waals surface area contributed by atoms with Gasteiger partial charge in [-0.2, -0.15) is 17.6 Å². The summed E-state index contributed by atoms with van der Waals surface area (Å²) in [5.41, 5.74) is -1.52. The normalized spacial score (nSPS) is 18.5. The standard InChI is InChI=1S/C26H21ClF7N3O2/c27-17-6-7-21(35-13-17)25(11-15-4-2-1-3-5-15,37-22(38)20-12-24(31,32)14-36-20)16-8-18(28)10-19(9-16)39-26(33,34)23(29)30/h1-10,13,20,23,36H,11-12,14H2,(H,37,38)/t20-,25+/m1/s1. The zero-order valence-corrected chi connectivity index (χ0v) is 20.7. The lowest BCUT2D eigenvalue weighted by Gasteiger charge is -2.36. The van der Waals surface area contributed by atoms with Crippen LogP contribution >= 0.6 is 11.6 Å². The van der Waals surface area contributed by atoms with Crippen LogP contribution in [0.2, 0.25) is 5.02 Å². The zero-order chi connectivity index (χ0) is 28.4. The summed E-state index contributed by atoms with van der Waals surface area (Å²) in [4.78, 5) is 17.6. The molecule has 1 amide bonds. The van der Waals surface area contributed by atoms with Crippen molar-refractivity contribution in [1.82, 2.24) is 15.6 Å². The molecule has 4 rings (SSSR count). The van der Waals surface area contributed by atoms with Gasteiger partial charge in [0.25, 0.3) is 5.92 Å². The second-order valence-electron chi connectivity index (χ2n) is 9.05. The summed E-state index contributed by atoms with van der Waals surface area (Å²) in [7, 11) is 0. The van der Waals surface area contributed by atoms with Gasteiger partial charge in [-0.1, -0.05) is 41.9 Å². The van der Waals surface area contributed by atoms with Crippen molar-refractivity contribution in [3.05, 3.63) is 94.5 Å². The van der Waals surface area contributed by atoms with Crippen molar-refractivity contribution in [3.8, 4) is 5.75 Å². The Morgan fingerprint density at radius 1 is 1.15 bits per heavy atom. The molecular weight excluding hydrogens is 555 g/mol. The minimum absolute atomic E-state index is 0.0334. The van der Waals surface area contributed by atoms with Crippen molar-refractivity contribution in [2.75, 3.05) is 6.54 Å². The molecular formula is C26H21ClF7N3O2. The molecule has 2 N–H and O–H groups in total. The first-order valence-corrected chi connectivity index (χ1v) is 11.9. The Balaban J connectivity index is 1.89. The Bertz CT molecular complexity index is 1310. The van der Waals surface area contributed by atoms with Crippen molar-refractivity contribution in [3.63, 3.8) is 0 Å². The van der Waals surface area contributed by atoms with Crippen LogP contribution in [0.4, 0.5) is 30.7 Å². The topological polar surface area (TPSA) is 63.2 Å². The number of nitrogens with zero attached hydrogens (tertiary/aromatic N) is 1. The summed E-state index contributed by atoms with van der Waals surface area (Å²) in [6, 6.07) is 12.0. The summed E-state index contributed by atoms with van der Waals surface area (Å²) in [5, 5.41) is 5.27. The molecule has 1 aliphatic heterocycles. The van der Waals surface area contributed by atoms with E-state index in [9.17, 15) is 35.5 Å². The molecule has 1 aromatic heterocycles. The zero-order valence-electron chi connectivity index (χ0n) is 19.9. The van der Waals surface area contributed by atoms with E-state index in [0.717, 1.165) is 12.1 Å². The van der Waals surface area contributed by atoms with Gasteiger partial charge in [-0.3, -0.25) is 15.1 Å². The maximum atomic E-state index is 14.8. The predicted molar refractivity (Wildman–Crippen MR) is 128 cm³/mol.